The number of thioether (sulfide) groups is 1. The van der Waals surface area contributed by atoms with Gasteiger partial charge in [-0.05, 0) is 18.4 Å². The van der Waals surface area contributed by atoms with Crippen LogP contribution in [-0.4, -0.2) is 71.1 Å². The third kappa shape index (κ3) is 2.92. The van der Waals surface area contributed by atoms with Crippen molar-refractivity contribution in [1.29, 1.82) is 0 Å². The Morgan fingerprint density at radius 2 is 2.00 bits per heavy atom. The van der Waals surface area contributed by atoms with Crippen LogP contribution in [0.1, 0.15) is 6.42 Å². The van der Waals surface area contributed by atoms with Crippen molar-refractivity contribution in [3.63, 3.8) is 0 Å². The number of carboxylic acid groups (broad SMARTS) is 2. The topological polar surface area (TPSA) is 164 Å². The number of sulfone groups is 1. The molecule has 1 amide bonds. The Hall–Kier alpha value is -1.33. The second kappa shape index (κ2) is 5.95. The summed E-state index contributed by atoms with van der Waals surface area (Å²) in [4.78, 5) is 34.9. The zero-order chi connectivity index (χ0) is 17.6. The van der Waals surface area contributed by atoms with Gasteiger partial charge in [0.05, 0.1) is 23.0 Å². The molecular formula is C12H18N2O7S2. The minimum atomic E-state index is -3.91. The molecule has 0 radical (unpaired) electrons. The Morgan fingerprint density at radius 1 is 1.39 bits per heavy atom. The summed E-state index contributed by atoms with van der Waals surface area (Å²) in [5, 5.41) is 19.5. The maximum Gasteiger partial charge on any atom is 0.330 e. The van der Waals surface area contributed by atoms with Gasteiger partial charge in [0.15, 0.2) is 15.4 Å². The molecule has 2 rings (SSSR count). The summed E-state index contributed by atoms with van der Waals surface area (Å²) in [7, 11) is -3.91. The molecule has 1 aliphatic heterocycles. The molecule has 1 saturated heterocycles. The number of carboxylic acids is 2. The van der Waals surface area contributed by atoms with Gasteiger partial charge in [-0.1, -0.05) is 0 Å². The molecule has 130 valence electrons. The number of hydrogen-bond acceptors (Lipinski definition) is 7. The van der Waals surface area contributed by atoms with Crippen molar-refractivity contribution in [1.82, 2.24) is 5.32 Å². The average molecular weight is 366 g/mol. The molecule has 5 N–H and O–H groups in total. The van der Waals surface area contributed by atoms with Crippen LogP contribution in [0.5, 0.6) is 0 Å². The molecule has 11 heteroatoms. The lowest BCUT2D eigenvalue weighted by Crippen LogP contribution is -2.61. The summed E-state index contributed by atoms with van der Waals surface area (Å²) >= 11 is 1.46. The average Bonchev–Trinajstić information content (AvgIpc) is 3.15. The van der Waals surface area contributed by atoms with E-state index < -0.39 is 62.1 Å². The molecule has 0 bridgehead atoms. The molecule has 0 unspecified atom stereocenters. The molecule has 0 aromatic rings. The lowest BCUT2D eigenvalue weighted by atomic mass is 9.93. The lowest BCUT2D eigenvalue weighted by Gasteiger charge is -2.28. The number of fused-ring (bicyclic) bond motifs is 1. The van der Waals surface area contributed by atoms with Gasteiger partial charge < -0.3 is 21.3 Å². The number of rotatable bonds is 7. The van der Waals surface area contributed by atoms with Crippen molar-refractivity contribution in [2.24, 2.45) is 17.6 Å². The molecule has 1 saturated carbocycles. The Balaban J connectivity index is 2.26. The highest BCUT2D eigenvalue weighted by molar-refractivity contribution is 7.98. The zero-order valence-electron chi connectivity index (χ0n) is 12.3. The van der Waals surface area contributed by atoms with Gasteiger partial charge in [-0.3, -0.25) is 9.59 Å². The largest absolute Gasteiger partial charge is 0.481 e. The Labute approximate surface area is 136 Å². The van der Waals surface area contributed by atoms with Gasteiger partial charge in [0.2, 0.25) is 5.91 Å². The van der Waals surface area contributed by atoms with E-state index in [0.29, 0.717) is 12.2 Å². The molecule has 1 heterocycles. The Kier molecular flexibility index (Phi) is 4.66. The summed E-state index contributed by atoms with van der Waals surface area (Å²) in [5.41, 5.74) is 3.55. The maximum absolute atomic E-state index is 12.1. The van der Waals surface area contributed by atoms with E-state index in [4.69, 9.17) is 10.8 Å². The highest BCUT2D eigenvalue weighted by Crippen LogP contribution is 2.57. The standard InChI is InChI=1S/C12H18N2O7S2/c1-22-3-2-5(13)9(15)14-12(11(18)19)4-23(20,21)8-6(7(8)12)10(16)17/h5-8H,2-4,13H2,1H3,(H,14,15)(H,16,17)(H,18,19)/t5-,6+,7+,8-,12-/m0/s1. The van der Waals surface area contributed by atoms with Crippen LogP contribution in [-0.2, 0) is 24.2 Å². The molecule has 23 heavy (non-hydrogen) atoms. The van der Waals surface area contributed by atoms with E-state index >= 15 is 0 Å². The van der Waals surface area contributed by atoms with Gasteiger partial charge in [0.25, 0.3) is 0 Å². The van der Waals surface area contributed by atoms with Crippen molar-refractivity contribution >= 4 is 39.4 Å². The molecule has 2 fully saturated rings. The van der Waals surface area contributed by atoms with E-state index in [1.165, 1.54) is 11.8 Å². The summed E-state index contributed by atoms with van der Waals surface area (Å²) < 4.78 is 24.1. The van der Waals surface area contributed by atoms with Gasteiger partial charge in [0.1, 0.15) is 0 Å². The highest BCUT2D eigenvalue weighted by Gasteiger charge is 2.79. The monoisotopic (exact) mass is 366 g/mol. The smallest absolute Gasteiger partial charge is 0.330 e. The first kappa shape index (κ1) is 18.0. The predicted molar refractivity (Wildman–Crippen MR) is 81.7 cm³/mol. The van der Waals surface area contributed by atoms with Crippen molar-refractivity contribution in [3.05, 3.63) is 0 Å². The fourth-order valence-electron chi connectivity index (χ4n) is 3.19. The van der Waals surface area contributed by atoms with Crippen LogP contribution in [0.25, 0.3) is 0 Å². The first-order chi connectivity index (χ1) is 10.6. The number of nitrogens with one attached hydrogen (secondary N) is 1. The number of carbonyl (C=O) groups is 3. The summed E-state index contributed by atoms with van der Waals surface area (Å²) in [5.74, 6) is -6.43. The van der Waals surface area contributed by atoms with Crippen LogP contribution in [0.4, 0.5) is 0 Å². The third-order valence-corrected chi connectivity index (χ3v) is 7.27. The van der Waals surface area contributed by atoms with Crippen LogP contribution < -0.4 is 11.1 Å². The minimum absolute atomic E-state index is 0.298. The van der Waals surface area contributed by atoms with Gasteiger partial charge in [0, 0.05) is 5.92 Å². The van der Waals surface area contributed by atoms with Crippen LogP contribution in [0.3, 0.4) is 0 Å². The SMILES string of the molecule is CSCC[C@H](N)C(=O)N[C@@]1(C(=O)O)CS(=O)(=O)[C@H]2[C@H](C(=O)O)[C@H]21. The molecule has 2 aliphatic rings. The lowest BCUT2D eigenvalue weighted by molar-refractivity contribution is -0.148. The third-order valence-electron chi connectivity index (χ3n) is 4.35. The minimum Gasteiger partial charge on any atom is -0.481 e. The number of carbonyl (C=O) groups excluding carboxylic acids is 1. The van der Waals surface area contributed by atoms with Crippen LogP contribution in [0, 0.1) is 11.8 Å². The number of hydrogen-bond donors (Lipinski definition) is 4. The van der Waals surface area contributed by atoms with Crippen molar-refractivity contribution in [2.75, 3.05) is 17.8 Å². The Bertz CT molecular complexity index is 650. The molecule has 0 aromatic heterocycles. The zero-order valence-corrected chi connectivity index (χ0v) is 13.9. The fraction of sp³-hybridized carbons (Fsp3) is 0.750. The maximum atomic E-state index is 12.1. The van der Waals surface area contributed by atoms with Gasteiger partial charge in [-0.2, -0.15) is 11.8 Å². The Morgan fingerprint density at radius 3 is 2.43 bits per heavy atom. The second-order valence-electron chi connectivity index (χ2n) is 5.82. The van der Waals surface area contributed by atoms with Gasteiger partial charge in [-0.15, -0.1) is 0 Å². The predicted octanol–water partition coefficient (Wildman–Crippen LogP) is -1.87. The van der Waals surface area contributed by atoms with E-state index in [2.05, 4.69) is 5.32 Å². The summed E-state index contributed by atoms with van der Waals surface area (Å²) in [6, 6.07) is -0.984. The van der Waals surface area contributed by atoms with E-state index in [1.54, 1.807) is 0 Å². The van der Waals surface area contributed by atoms with Crippen LogP contribution in [0.2, 0.25) is 0 Å². The van der Waals surface area contributed by atoms with Crippen molar-refractivity contribution in [2.45, 2.75) is 23.3 Å². The van der Waals surface area contributed by atoms with Gasteiger partial charge >= 0.3 is 11.9 Å². The molecular weight excluding hydrogens is 348 g/mol. The molecule has 1 aliphatic carbocycles. The van der Waals surface area contributed by atoms with Crippen LogP contribution >= 0.6 is 11.8 Å². The van der Waals surface area contributed by atoms with E-state index in [-0.39, 0.29) is 0 Å². The summed E-state index contributed by atoms with van der Waals surface area (Å²) in [6.07, 6.45) is 2.12. The van der Waals surface area contributed by atoms with E-state index in [9.17, 15) is 27.9 Å². The highest BCUT2D eigenvalue weighted by atomic mass is 32.2. The van der Waals surface area contributed by atoms with E-state index in [0.717, 1.165) is 0 Å². The second-order valence-corrected chi connectivity index (χ2v) is 8.96. The van der Waals surface area contributed by atoms with Crippen LogP contribution in [0.15, 0.2) is 0 Å². The first-order valence-corrected chi connectivity index (χ1v) is 9.93. The first-order valence-electron chi connectivity index (χ1n) is 6.83. The van der Waals surface area contributed by atoms with Crippen molar-refractivity contribution in [3.8, 4) is 0 Å². The molecule has 0 aromatic carbocycles. The fourth-order valence-corrected chi connectivity index (χ4v) is 6.38. The summed E-state index contributed by atoms with van der Waals surface area (Å²) in [6.45, 7) is 0. The molecule has 0 spiro atoms. The number of amides is 1. The van der Waals surface area contributed by atoms with Crippen molar-refractivity contribution < 1.29 is 33.0 Å². The van der Waals surface area contributed by atoms with Gasteiger partial charge in [-0.25, -0.2) is 13.2 Å². The quantitative estimate of drug-likeness (QED) is 0.404. The molecule has 5 atom stereocenters. The molecule has 9 nitrogen and oxygen atoms in total. The van der Waals surface area contributed by atoms with E-state index in [1.807, 2.05) is 6.26 Å². The number of nitrogens with two attached hydrogens (primary N) is 1. The number of aliphatic carboxylic acids is 2. The normalized spacial score (nSPS) is 35.1.